The maximum absolute atomic E-state index is 12.4. The van der Waals surface area contributed by atoms with E-state index in [9.17, 15) is 4.79 Å². The molecule has 0 spiro atoms. The summed E-state index contributed by atoms with van der Waals surface area (Å²) in [4.78, 5) is 16.5. The lowest BCUT2D eigenvalue weighted by Gasteiger charge is -2.07. The van der Waals surface area contributed by atoms with Gasteiger partial charge in [-0.1, -0.05) is 11.6 Å². The molecule has 3 heterocycles. The topological polar surface area (TPSA) is 61.4 Å². The largest absolute Gasteiger partial charge is 0.457 e. The first-order valence-corrected chi connectivity index (χ1v) is 7.81. The zero-order valence-electron chi connectivity index (χ0n) is 12.6. The normalized spacial score (nSPS) is 14.3. The second-order valence-corrected chi connectivity index (χ2v) is 6.18. The number of rotatable bonds is 4. The number of hydrogen-bond acceptors (Lipinski definition) is 4. The highest BCUT2D eigenvalue weighted by atomic mass is 35.5. The van der Waals surface area contributed by atoms with E-state index in [1.165, 1.54) is 0 Å². The van der Waals surface area contributed by atoms with Crippen molar-refractivity contribution in [3.63, 3.8) is 0 Å². The first-order chi connectivity index (χ1) is 11.1. The summed E-state index contributed by atoms with van der Waals surface area (Å²) in [5, 5.41) is 4.72. The number of nitrogens with zero attached hydrogens (tertiary/aromatic N) is 4. The van der Waals surface area contributed by atoms with Gasteiger partial charge in [0.05, 0.1) is 16.9 Å². The number of hydrogen-bond donors (Lipinski definition) is 0. The van der Waals surface area contributed by atoms with Crippen LogP contribution in [0.3, 0.4) is 0 Å². The highest BCUT2D eigenvalue weighted by Gasteiger charge is 2.32. The van der Waals surface area contributed by atoms with Crippen molar-refractivity contribution < 1.29 is 9.53 Å². The van der Waals surface area contributed by atoms with Crippen LogP contribution >= 0.6 is 11.6 Å². The number of ether oxygens (including phenoxy) is 1. The first kappa shape index (κ1) is 14.3. The molecule has 3 aromatic heterocycles. The quantitative estimate of drug-likeness (QED) is 0.690. The van der Waals surface area contributed by atoms with Crippen LogP contribution in [0.15, 0.2) is 30.9 Å². The van der Waals surface area contributed by atoms with Crippen molar-refractivity contribution in [1.29, 1.82) is 0 Å². The Balaban J connectivity index is 1.52. The molecule has 0 amide bonds. The summed E-state index contributed by atoms with van der Waals surface area (Å²) in [5.41, 5.74) is 3.03. The van der Waals surface area contributed by atoms with E-state index in [1.54, 1.807) is 29.3 Å². The molecular weight excluding hydrogens is 316 g/mol. The molecule has 0 atom stereocenters. The lowest BCUT2D eigenvalue weighted by Crippen LogP contribution is -2.09. The minimum absolute atomic E-state index is 0.158. The van der Waals surface area contributed by atoms with Crippen LogP contribution in [0.2, 0.25) is 5.02 Å². The smallest absolute Gasteiger partial charge is 0.341 e. The number of halogens is 1. The summed E-state index contributed by atoms with van der Waals surface area (Å²) < 4.78 is 9.02. The van der Waals surface area contributed by atoms with Gasteiger partial charge in [0.25, 0.3) is 0 Å². The van der Waals surface area contributed by atoms with Crippen LogP contribution in [0.1, 0.15) is 40.4 Å². The molecule has 0 N–H and O–H groups in total. The number of aromatic nitrogens is 4. The molecule has 0 aliphatic heterocycles. The zero-order chi connectivity index (χ0) is 16.0. The van der Waals surface area contributed by atoms with E-state index in [0.717, 1.165) is 24.1 Å². The van der Waals surface area contributed by atoms with Gasteiger partial charge in [-0.15, -0.1) is 0 Å². The molecule has 0 bridgehead atoms. The Morgan fingerprint density at radius 1 is 1.48 bits per heavy atom. The molecule has 7 heteroatoms. The van der Waals surface area contributed by atoms with Crippen molar-refractivity contribution in [2.45, 2.75) is 25.4 Å². The van der Waals surface area contributed by atoms with Gasteiger partial charge < -0.3 is 9.14 Å². The summed E-state index contributed by atoms with van der Waals surface area (Å²) in [6.07, 6.45) is 9.13. The predicted octanol–water partition coefficient (Wildman–Crippen LogP) is 2.96. The Hall–Kier alpha value is -2.34. The third kappa shape index (κ3) is 2.59. The second-order valence-electron chi connectivity index (χ2n) is 5.77. The number of carbonyl (C=O) groups excluding carboxylic acids is 1. The van der Waals surface area contributed by atoms with E-state index >= 15 is 0 Å². The van der Waals surface area contributed by atoms with Crippen LogP contribution in [0.5, 0.6) is 0 Å². The molecule has 1 saturated carbocycles. The van der Waals surface area contributed by atoms with E-state index in [4.69, 9.17) is 16.3 Å². The molecule has 0 radical (unpaired) electrons. The van der Waals surface area contributed by atoms with Crippen LogP contribution in [-0.4, -0.2) is 25.1 Å². The molecule has 3 aromatic rings. The fraction of sp³-hybridized carbons (Fsp3) is 0.312. The fourth-order valence-electron chi connectivity index (χ4n) is 2.80. The summed E-state index contributed by atoms with van der Waals surface area (Å²) in [6, 6.07) is 1.77. The predicted molar refractivity (Wildman–Crippen MR) is 84.5 cm³/mol. The highest BCUT2D eigenvalue weighted by Crippen LogP contribution is 2.41. The number of carbonyl (C=O) groups is 1. The van der Waals surface area contributed by atoms with Crippen molar-refractivity contribution >= 4 is 23.2 Å². The number of fused-ring (bicyclic) bond motifs is 1. The van der Waals surface area contributed by atoms with E-state index in [-0.39, 0.29) is 12.6 Å². The zero-order valence-corrected chi connectivity index (χ0v) is 13.3. The van der Waals surface area contributed by atoms with Gasteiger partial charge in [-0.2, -0.15) is 5.10 Å². The van der Waals surface area contributed by atoms with Crippen molar-refractivity contribution in [3.05, 3.63) is 52.7 Å². The van der Waals surface area contributed by atoms with Crippen LogP contribution < -0.4 is 0 Å². The molecule has 23 heavy (non-hydrogen) atoms. The summed E-state index contributed by atoms with van der Waals surface area (Å²) >= 11 is 6.18. The van der Waals surface area contributed by atoms with Gasteiger partial charge in [-0.25, -0.2) is 9.78 Å². The highest BCUT2D eigenvalue weighted by molar-refractivity contribution is 6.33. The van der Waals surface area contributed by atoms with Crippen molar-refractivity contribution in [2.75, 3.05) is 0 Å². The molecule has 0 saturated heterocycles. The second kappa shape index (κ2) is 5.38. The van der Waals surface area contributed by atoms with Gasteiger partial charge in [0.15, 0.2) is 5.65 Å². The summed E-state index contributed by atoms with van der Waals surface area (Å²) in [7, 11) is 1.86. The molecule has 1 aliphatic rings. The lowest BCUT2D eigenvalue weighted by atomic mass is 10.2. The van der Waals surface area contributed by atoms with Gasteiger partial charge in [0, 0.05) is 37.1 Å². The third-order valence-electron chi connectivity index (χ3n) is 4.04. The van der Waals surface area contributed by atoms with Crippen LogP contribution in [-0.2, 0) is 18.4 Å². The van der Waals surface area contributed by atoms with Gasteiger partial charge in [-0.05, 0) is 18.9 Å². The Morgan fingerprint density at radius 2 is 2.30 bits per heavy atom. The maximum Gasteiger partial charge on any atom is 0.341 e. The molecule has 0 unspecified atom stereocenters. The Kier molecular flexibility index (Phi) is 3.34. The average molecular weight is 331 g/mol. The molecule has 0 aromatic carbocycles. The minimum Gasteiger partial charge on any atom is -0.457 e. The number of esters is 1. The third-order valence-corrected chi connectivity index (χ3v) is 4.32. The molecule has 1 fully saturated rings. The van der Waals surface area contributed by atoms with Crippen molar-refractivity contribution in [2.24, 2.45) is 7.05 Å². The molecule has 118 valence electrons. The van der Waals surface area contributed by atoms with Crippen molar-refractivity contribution in [3.8, 4) is 0 Å². The number of pyridine rings is 1. The first-order valence-electron chi connectivity index (χ1n) is 7.43. The Bertz CT molecular complexity index is 895. The fourth-order valence-corrected chi connectivity index (χ4v) is 3.08. The Labute approximate surface area is 137 Å². The van der Waals surface area contributed by atoms with Crippen molar-refractivity contribution in [1.82, 2.24) is 19.2 Å². The van der Waals surface area contributed by atoms with Gasteiger partial charge >= 0.3 is 5.97 Å². The maximum atomic E-state index is 12.4. The monoisotopic (exact) mass is 330 g/mol. The molecule has 6 nitrogen and oxygen atoms in total. The van der Waals surface area contributed by atoms with Crippen LogP contribution in [0.25, 0.3) is 5.65 Å². The minimum atomic E-state index is -0.346. The average Bonchev–Trinajstić information content (AvgIpc) is 3.11. The van der Waals surface area contributed by atoms with Crippen LogP contribution in [0.4, 0.5) is 0 Å². The molecule has 1 aliphatic carbocycles. The van der Waals surface area contributed by atoms with E-state index < -0.39 is 0 Å². The van der Waals surface area contributed by atoms with E-state index in [1.807, 2.05) is 17.6 Å². The molecular formula is C16H15ClN4O2. The van der Waals surface area contributed by atoms with Gasteiger partial charge in [-0.3, -0.25) is 4.68 Å². The van der Waals surface area contributed by atoms with Crippen LogP contribution in [0, 0.1) is 0 Å². The lowest BCUT2D eigenvalue weighted by molar-refractivity contribution is 0.0470. The van der Waals surface area contributed by atoms with E-state index in [0.29, 0.717) is 22.2 Å². The van der Waals surface area contributed by atoms with Gasteiger partial charge in [0.2, 0.25) is 0 Å². The van der Waals surface area contributed by atoms with E-state index in [2.05, 4.69) is 10.1 Å². The summed E-state index contributed by atoms with van der Waals surface area (Å²) in [5.74, 6) is 0.0867. The Morgan fingerprint density at radius 3 is 3.09 bits per heavy atom. The van der Waals surface area contributed by atoms with Gasteiger partial charge in [0.1, 0.15) is 12.2 Å². The molecule has 4 rings (SSSR count). The summed E-state index contributed by atoms with van der Waals surface area (Å²) in [6.45, 7) is 0.158. The SMILES string of the molecule is Cn1ncc(C(=O)OCc2cc(Cl)c3nccn3c2)c1C1CC1. The number of imidazole rings is 1. The number of aryl methyl sites for hydroxylation is 1. The standard InChI is InChI=1S/C16H15ClN4O2/c1-20-14(11-2-3-11)12(7-19-20)16(22)23-9-10-6-13(17)15-18-4-5-21(15)8-10/h4-8,11H,2-3,9H2,1H3.